The van der Waals surface area contributed by atoms with Crippen LogP contribution in [0, 0.1) is 0 Å². The Hall–Kier alpha value is -1.17. The lowest BCUT2D eigenvalue weighted by molar-refractivity contribution is -0.206. The number of ether oxygens (including phenoxy) is 1. The third kappa shape index (κ3) is 2.26. The Morgan fingerprint density at radius 3 is 2.00 bits per heavy atom. The molecule has 0 aliphatic heterocycles. The van der Waals surface area contributed by atoms with Gasteiger partial charge in [0.15, 0.2) is 7.85 Å². The van der Waals surface area contributed by atoms with Crippen molar-refractivity contribution in [1.29, 1.82) is 0 Å². The van der Waals surface area contributed by atoms with Crippen molar-refractivity contribution in [2.45, 2.75) is 11.7 Å². The highest BCUT2D eigenvalue weighted by molar-refractivity contribution is 6.13. The predicted molar refractivity (Wildman–Crippen MR) is 48.7 cm³/mol. The van der Waals surface area contributed by atoms with Crippen LogP contribution < -0.4 is 4.74 Å². The van der Waals surface area contributed by atoms with Gasteiger partial charge in [0.2, 0.25) is 5.75 Å². The standard InChI is InChI=1S/C9H8BF3O2/c1-15-7-4-2-6(3-5-7)8(11,12)9(10,13)14/h2-5,14H,1H3. The van der Waals surface area contributed by atoms with Gasteiger partial charge in [-0.25, -0.2) is 4.39 Å². The maximum atomic E-state index is 13.1. The maximum absolute atomic E-state index is 13.1. The summed E-state index contributed by atoms with van der Waals surface area (Å²) < 4.78 is 43.5. The largest absolute Gasteiger partial charge is 0.497 e. The van der Waals surface area contributed by atoms with E-state index in [0.717, 1.165) is 12.1 Å². The van der Waals surface area contributed by atoms with E-state index in [1.165, 1.54) is 19.2 Å². The molecule has 80 valence electrons. The summed E-state index contributed by atoms with van der Waals surface area (Å²) in [7, 11) is 5.69. The molecule has 0 heterocycles. The summed E-state index contributed by atoms with van der Waals surface area (Å²) >= 11 is 0. The zero-order valence-corrected chi connectivity index (χ0v) is 7.88. The second kappa shape index (κ2) is 3.77. The average molecular weight is 216 g/mol. The number of aliphatic hydroxyl groups is 1. The van der Waals surface area contributed by atoms with Crippen molar-refractivity contribution >= 4 is 7.85 Å². The summed E-state index contributed by atoms with van der Waals surface area (Å²) in [5, 5.41) is 8.46. The van der Waals surface area contributed by atoms with Crippen molar-refractivity contribution in [1.82, 2.24) is 0 Å². The molecule has 0 fully saturated rings. The van der Waals surface area contributed by atoms with E-state index in [1.54, 1.807) is 0 Å². The first-order valence-corrected chi connectivity index (χ1v) is 4.01. The van der Waals surface area contributed by atoms with Crippen LogP contribution >= 0.6 is 0 Å². The quantitative estimate of drug-likeness (QED) is 0.777. The number of halogens is 3. The first-order chi connectivity index (χ1) is 6.79. The van der Waals surface area contributed by atoms with E-state index in [9.17, 15) is 13.2 Å². The van der Waals surface area contributed by atoms with E-state index in [0.29, 0.717) is 5.75 Å². The fourth-order valence-electron chi connectivity index (χ4n) is 1.00. The van der Waals surface area contributed by atoms with Gasteiger partial charge in [0, 0.05) is 5.56 Å². The molecule has 1 aromatic carbocycles. The third-order valence-corrected chi connectivity index (χ3v) is 1.89. The number of methoxy groups -OCH3 is 1. The van der Waals surface area contributed by atoms with E-state index in [2.05, 4.69) is 7.85 Å². The average Bonchev–Trinajstić information content (AvgIpc) is 2.16. The van der Waals surface area contributed by atoms with Gasteiger partial charge in [-0.2, -0.15) is 8.78 Å². The Morgan fingerprint density at radius 2 is 1.67 bits per heavy atom. The fraction of sp³-hybridized carbons (Fsp3) is 0.333. The molecule has 0 aliphatic carbocycles. The van der Waals surface area contributed by atoms with Crippen LogP contribution in [0.3, 0.4) is 0 Å². The van der Waals surface area contributed by atoms with Gasteiger partial charge in [0.25, 0.3) is 0 Å². The molecule has 0 aromatic heterocycles. The molecule has 0 spiro atoms. The Bertz CT molecular complexity index is 332. The van der Waals surface area contributed by atoms with E-state index >= 15 is 0 Å². The normalized spacial score (nSPS) is 15.8. The first kappa shape index (κ1) is 11.9. The minimum Gasteiger partial charge on any atom is -0.497 e. The monoisotopic (exact) mass is 216 g/mol. The molecule has 1 N–H and O–H groups in total. The van der Waals surface area contributed by atoms with Crippen LogP contribution in [0.4, 0.5) is 13.2 Å². The second-order valence-corrected chi connectivity index (χ2v) is 2.98. The van der Waals surface area contributed by atoms with E-state index in [-0.39, 0.29) is 0 Å². The van der Waals surface area contributed by atoms with Crippen LogP contribution in [0.25, 0.3) is 0 Å². The summed E-state index contributed by atoms with van der Waals surface area (Å²) in [6.07, 6.45) is 0. The van der Waals surface area contributed by atoms with Crippen molar-refractivity contribution in [2.24, 2.45) is 0 Å². The van der Waals surface area contributed by atoms with Gasteiger partial charge >= 0.3 is 5.92 Å². The number of alkyl halides is 3. The molecule has 6 heteroatoms. The zero-order valence-electron chi connectivity index (χ0n) is 7.88. The highest BCUT2D eigenvalue weighted by Gasteiger charge is 2.50. The highest BCUT2D eigenvalue weighted by Crippen LogP contribution is 2.38. The molecule has 1 aromatic rings. The van der Waals surface area contributed by atoms with Gasteiger partial charge in [-0.1, -0.05) is 0 Å². The molecule has 1 rings (SSSR count). The summed E-state index contributed by atoms with van der Waals surface area (Å²) in [5.74, 6) is -7.91. The number of benzene rings is 1. The van der Waals surface area contributed by atoms with Crippen LogP contribution in [0.2, 0.25) is 0 Å². The summed E-state index contributed by atoms with van der Waals surface area (Å²) in [6.45, 7) is 0. The summed E-state index contributed by atoms with van der Waals surface area (Å²) in [4.78, 5) is 0. The molecular formula is C9H8BF3O2. The summed E-state index contributed by atoms with van der Waals surface area (Å²) in [6, 6.07) is 4.29. The Labute approximate surface area is 86.1 Å². The van der Waals surface area contributed by atoms with Crippen molar-refractivity contribution in [2.75, 3.05) is 7.11 Å². The van der Waals surface area contributed by atoms with Crippen molar-refractivity contribution in [3.63, 3.8) is 0 Å². The molecular weight excluding hydrogens is 208 g/mol. The van der Waals surface area contributed by atoms with Crippen LogP contribution in [-0.4, -0.2) is 25.8 Å². The first-order valence-electron chi connectivity index (χ1n) is 4.01. The minimum atomic E-state index is -4.17. The molecule has 1 atom stereocenters. The Morgan fingerprint density at radius 1 is 1.20 bits per heavy atom. The van der Waals surface area contributed by atoms with Gasteiger partial charge < -0.3 is 9.84 Å². The topological polar surface area (TPSA) is 29.5 Å². The Balaban J connectivity index is 3.06. The van der Waals surface area contributed by atoms with Gasteiger partial charge in [-0.15, -0.1) is 0 Å². The van der Waals surface area contributed by atoms with E-state index in [4.69, 9.17) is 9.84 Å². The predicted octanol–water partition coefficient (Wildman–Crippen LogP) is 1.57. The Kier molecular flexibility index (Phi) is 2.99. The molecule has 0 bridgehead atoms. The zero-order chi connectivity index (χ0) is 11.7. The van der Waals surface area contributed by atoms with Crippen LogP contribution in [0.15, 0.2) is 24.3 Å². The molecule has 0 amide bonds. The highest BCUT2D eigenvalue weighted by atomic mass is 19.3. The number of hydrogen-bond acceptors (Lipinski definition) is 2. The van der Waals surface area contributed by atoms with Crippen molar-refractivity contribution in [3.8, 4) is 5.75 Å². The molecule has 2 radical (unpaired) electrons. The van der Waals surface area contributed by atoms with Gasteiger partial charge in [0.1, 0.15) is 5.75 Å². The lowest BCUT2D eigenvalue weighted by atomic mass is 9.86. The third-order valence-electron chi connectivity index (χ3n) is 1.89. The van der Waals surface area contributed by atoms with E-state index < -0.39 is 17.2 Å². The smallest absolute Gasteiger partial charge is 0.320 e. The molecule has 15 heavy (non-hydrogen) atoms. The van der Waals surface area contributed by atoms with Crippen LogP contribution in [0.5, 0.6) is 5.75 Å². The fourth-order valence-corrected chi connectivity index (χ4v) is 1.00. The van der Waals surface area contributed by atoms with E-state index in [1.807, 2.05) is 0 Å². The number of rotatable bonds is 3. The lowest BCUT2D eigenvalue weighted by Crippen LogP contribution is -2.42. The van der Waals surface area contributed by atoms with Crippen LogP contribution in [0.1, 0.15) is 5.56 Å². The maximum Gasteiger partial charge on any atom is 0.320 e. The molecule has 0 saturated heterocycles. The molecule has 0 aliphatic rings. The van der Waals surface area contributed by atoms with Gasteiger partial charge in [-0.3, -0.25) is 0 Å². The van der Waals surface area contributed by atoms with Crippen LogP contribution in [-0.2, 0) is 5.92 Å². The lowest BCUT2D eigenvalue weighted by Gasteiger charge is -2.26. The molecule has 0 saturated carbocycles. The van der Waals surface area contributed by atoms with Crippen molar-refractivity contribution in [3.05, 3.63) is 29.8 Å². The SMILES string of the molecule is [B]C(O)(F)C(F)(F)c1ccc(OC)cc1. The summed E-state index contributed by atoms with van der Waals surface area (Å²) in [5.41, 5.74) is -0.726. The van der Waals surface area contributed by atoms with Gasteiger partial charge in [-0.05, 0) is 24.3 Å². The second-order valence-electron chi connectivity index (χ2n) is 2.98. The molecule has 1 unspecified atom stereocenters. The van der Waals surface area contributed by atoms with Crippen molar-refractivity contribution < 1.29 is 23.0 Å². The molecule has 2 nitrogen and oxygen atoms in total. The number of hydrogen-bond donors (Lipinski definition) is 1. The minimum absolute atomic E-state index is 0.342. The van der Waals surface area contributed by atoms with Gasteiger partial charge in [0.05, 0.1) is 7.11 Å².